The first kappa shape index (κ1) is 42.1. The van der Waals surface area contributed by atoms with Gasteiger partial charge in [0.2, 0.25) is 0 Å². The van der Waals surface area contributed by atoms with Crippen molar-refractivity contribution in [2.75, 3.05) is 62.7 Å². The van der Waals surface area contributed by atoms with Crippen LogP contribution < -0.4 is 26.0 Å². The number of hydrogen-bond acceptors (Lipinski definition) is 10. The number of carbonyl (C=O) groups is 2. The van der Waals surface area contributed by atoms with Crippen molar-refractivity contribution in [3.8, 4) is 17.2 Å². The Kier molecular flexibility index (Phi) is 13.3. The Morgan fingerprint density at radius 1 is 0.917 bits per heavy atom. The summed E-state index contributed by atoms with van der Waals surface area (Å²) in [6.07, 6.45) is 1.31. The second kappa shape index (κ2) is 18.9. The van der Waals surface area contributed by atoms with Gasteiger partial charge in [-0.25, -0.2) is 14.5 Å². The third-order valence-electron chi connectivity index (χ3n) is 9.91. The van der Waals surface area contributed by atoms with Crippen LogP contribution in [0, 0.1) is 0 Å². The first-order valence-corrected chi connectivity index (χ1v) is 22.6. The van der Waals surface area contributed by atoms with Crippen LogP contribution in [0.2, 0.25) is 0 Å². The van der Waals surface area contributed by atoms with Crippen molar-refractivity contribution in [1.82, 2.24) is 25.0 Å². The minimum Gasteiger partial charge on any atom is -0.457 e. The SMILES string of the molecule is COC1COCCN1CC(NC(=O)c1ccccc1)Nc1cc(Oc2ccc(NC(=O)Nc3cc(C(C)C)nn3-c3cccc(CP(C)(C)=O)c3)c3ccccc23)ccn1. The topological polar surface area (TPSA) is 161 Å². The van der Waals surface area contributed by atoms with Crippen LogP contribution in [0.3, 0.4) is 0 Å². The van der Waals surface area contributed by atoms with Crippen molar-refractivity contribution >= 4 is 47.2 Å². The number of fused-ring (bicyclic) bond motifs is 1. The number of urea groups is 1. The van der Waals surface area contributed by atoms with E-state index >= 15 is 0 Å². The summed E-state index contributed by atoms with van der Waals surface area (Å²) >= 11 is 0. The number of carbonyl (C=O) groups excluding carboxylic acids is 2. The highest BCUT2D eigenvalue weighted by Gasteiger charge is 2.27. The van der Waals surface area contributed by atoms with Crippen LogP contribution in [0.15, 0.2) is 115 Å². The number of rotatable bonds is 15. The Morgan fingerprint density at radius 2 is 1.70 bits per heavy atom. The predicted octanol–water partition coefficient (Wildman–Crippen LogP) is 8.58. The number of benzene rings is 4. The molecule has 4 N–H and O–H groups in total. The van der Waals surface area contributed by atoms with E-state index in [1.807, 2.05) is 92.7 Å². The van der Waals surface area contributed by atoms with Crippen molar-refractivity contribution in [2.45, 2.75) is 38.3 Å². The molecule has 7 rings (SSSR count). The van der Waals surface area contributed by atoms with E-state index in [-0.39, 0.29) is 18.1 Å². The molecular weight excluding hydrogens is 780 g/mol. The molecule has 14 nitrogen and oxygen atoms in total. The molecule has 0 aliphatic carbocycles. The normalized spacial score (nSPS) is 15.1. The molecule has 0 saturated carbocycles. The van der Waals surface area contributed by atoms with Gasteiger partial charge >= 0.3 is 6.03 Å². The fourth-order valence-electron chi connectivity index (χ4n) is 7.03. The Bertz CT molecular complexity index is 2490. The number of morpholine rings is 1. The molecule has 3 amide bonds. The molecule has 4 aromatic carbocycles. The number of nitrogens with zero attached hydrogens (tertiary/aromatic N) is 4. The molecular formula is C45H51N8O6P. The maximum Gasteiger partial charge on any atom is 0.324 e. The predicted molar refractivity (Wildman–Crippen MR) is 236 cm³/mol. The zero-order valence-corrected chi connectivity index (χ0v) is 35.3. The van der Waals surface area contributed by atoms with Crippen LogP contribution >= 0.6 is 7.14 Å². The van der Waals surface area contributed by atoms with E-state index < -0.39 is 19.3 Å². The first-order valence-electron chi connectivity index (χ1n) is 19.9. The van der Waals surface area contributed by atoms with Crippen LogP contribution in [0.4, 0.5) is 22.1 Å². The first-order chi connectivity index (χ1) is 28.9. The molecule has 1 saturated heterocycles. The third-order valence-corrected chi connectivity index (χ3v) is 11.0. The smallest absolute Gasteiger partial charge is 0.324 e. The highest BCUT2D eigenvalue weighted by atomic mass is 31.2. The van der Waals surface area contributed by atoms with Crippen molar-refractivity contribution in [3.63, 3.8) is 0 Å². The zero-order valence-electron chi connectivity index (χ0n) is 34.4. The molecule has 1 aliphatic rings. The fourth-order valence-corrected chi connectivity index (χ4v) is 8.10. The summed E-state index contributed by atoms with van der Waals surface area (Å²) in [5, 5.41) is 18.9. The minimum atomic E-state index is -2.30. The molecule has 2 atom stereocenters. The largest absolute Gasteiger partial charge is 0.457 e. The maximum atomic E-state index is 13.7. The van der Waals surface area contributed by atoms with E-state index in [0.29, 0.717) is 66.9 Å². The average Bonchev–Trinajstić information content (AvgIpc) is 3.66. The van der Waals surface area contributed by atoms with Crippen LogP contribution in [0.1, 0.15) is 41.4 Å². The van der Waals surface area contributed by atoms with Gasteiger partial charge in [0.05, 0.1) is 37.4 Å². The molecule has 1 fully saturated rings. The number of methoxy groups -OCH3 is 1. The molecule has 60 heavy (non-hydrogen) atoms. The number of aromatic nitrogens is 3. The lowest BCUT2D eigenvalue weighted by Gasteiger charge is -2.37. The fraction of sp³-hybridized carbons (Fsp3) is 0.289. The monoisotopic (exact) mass is 830 g/mol. The molecule has 3 heterocycles. The highest BCUT2D eigenvalue weighted by Crippen LogP contribution is 2.41. The highest BCUT2D eigenvalue weighted by molar-refractivity contribution is 7.61. The lowest BCUT2D eigenvalue weighted by molar-refractivity contribution is -0.125. The Balaban J connectivity index is 1.08. The standard InChI is InChI=1S/C45H51N8O6P/c1-30(2)38-26-42(53(51-38)33-15-11-12-31(24-33)29-60(4,5)56)50-45(55)47-37-18-19-39(36-17-10-9-16-35(36)37)59-34-20-21-46-40(25-34)48-41(27-52-22-23-58-28-43(52)57-3)49-44(54)32-13-7-6-8-14-32/h6-21,24-26,30,41,43H,22-23,27-29H2,1-5H3,(H,46,48)(H,49,54)(H2,47,50,55). The summed E-state index contributed by atoms with van der Waals surface area (Å²) in [6, 6.07) is 33.0. The van der Waals surface area contributed by atoms with Crippen molar-refractivity contribution in [1.29, 1.82) is 0 Å². The molecule has 15 heteroatoms. The Morgan fingerprint density at radius 3 is 2.47 bits per heavy atom. The van der Waals surface area contributed by atoms with Crippen LogP contribution in [0.5, 0.6) is 11.5 Å². The van der Waals surface area contributed by atoms with E-state index in [1.165, 1.54) is 0 Å². The van der Waals surface area contributed by atoms with Gasteiger partial charge in [0.15, 0.2) is 0 Å². The van der Waals surface area contributed by atoms with E-state index in [0.717, 1.165) is 27.7 Å². The molecule has 0 radical (unpaired) electrons. The van der Waals surface area contributed by atoms with Gasteiger partial charge in [0.25, 0.3) is 5.91 Å². The summed E-state index contributed by atoms with van der Waals surface area (Å²) in [5.74, 6) is 1.98. The molecule has 0 bridgehead atoms. The van der Waals surface area contributed by atoms with Crippen LogP contribution in [0.25, 0.3) is 16.5 Å². The molecule has 0 spiro atoms. The van der Waals surface area contributed by atoms with Gasteiger partial charge in [-0.3, -0.25) is 15.0 Å². The maximum absolute atomic E-state index is 13.7. The zero-order chi connectivity index (χ0) is 42.2. The number of ether oxygens (including phenoxy) is 3. The number of pyridine rings is 1. The van der Waals surface area contributed by atoms with Gasteiger partial charge in [0.1, 0.15) is 35.5 Å². The van der Waals surface area contributed by atoms with E-state index in [1.54, 1.807) is 61.6 Å². The Labute approximate surface area is 350 Å². The lowest BCUT2D eigenvalue weighted by Crippen LogP contribution is -2.55. The number of nitrogens with one attached hydrogen (secondary N) is 4. The van der Waals surface area contributed by atoms with Gasteiger partial charge in [-0.15, -0.1) is 0 Å². The van der Waals surface area contributed by atoms with Gasteiger partial charge < -0.3 is 34.7 Å². The number of amides is 3. The summed E-state index contributed by atoms with van der Waals surface area (Å²) in [5.41, 5.74) is 3.64. The van der Waals surface area contributed by atoms with Gasteiger partial charge in [-0.05, 0) is 67.3 Å². The molecule has 1 aliphatic heterocycles. The quantitative estimate of drug-likeness (QED) is 0.0583. The van der Waals surface area contributed by atoms with Crippen molar-refractivity contribution in [3.05, 3.63) is 132 Å². The average molecular weight is 831 g/mol. The lowest BCUT2D eigenvalue weighted by atomic mass is 10.1. The van der Waals surface area contributed by atoms with Gasteiger partial charge in [0, 0.05) is 61.0 Å². The third kappa shape index (κ3) is 10.8. The van der Waals surface area contributed by atoms with Crippen molar-refractivity contribution in [2.24, 2.45) is 0 Å². The summed E-state index contributed by atoms with van der Waals surface area (Å²) in [4.78, 5) is 33.6. The van der Waals surface area contributed by atoms with E-state index in [4.69, 9.17) is 19.3 Å². The van der Waals surface area contributed by atoms with Gasteiger partial charge in [-0.2, -0.15) is 5.10 Å². The summed E-state index contributed by atoms with van der Waals surface area (Å²) in [7, 11) is -0.660. The number of hydrogen-bond donors (Lipinski definition) is 4. The second-order valence-corrected chi connectivity index (χ2v) is 18.9. The Hall–Kier alpha value is -6.05. The molecule has 2 aromatic heterocycles. The van der Waals surface area contributed by atoms with Gasteiger partial charge in [-0.1, -0.05) is 68.4 Å². The second-order valence-electron chi connectivity index (χ2n) is 15.4. The molecule has 6 aromatic rings. The van der Waals surface area contributed by atoms with Crippen LogP contribution in [-0.4, -0.2) is 90.7 Å². The van der Waals surface area contributed by atoms with E-state index in [9.17, 15) is 14.2 Å². The summed E-state index contributed by atoms with van der Waals surface area (Å²) < 4.78 is 32.0. The minimum absolute atomic E-state index is 0.119. The summed E-state index contributed by atoms with van der Waals surface area (Å²) in [6.45, 7) is 9.68. The number of anilines is 3. The van der Waals surface area contributed by atoms with Crippen molar-refractivity contribution < 1.29 is 28.4 Å². The molecule has 312 valence electrons. The van der Waals surface area contributed by atoms with E-state index in [2.05, 4.69) is 31.2 Å². The molecule has 2 unspecified atom stereocenters. The van der Waals surface area contributed by atoms with Crippen LogP contribution in [-0.2, 0) is 20.2 Å².